The van der Waals surface area contributed by atoms with Crippen molar-refractivity contribution in [1.82, 2.24) is 10.2 Å². The van der Waals surface area contributed by atoms with Gasteiger partial charge >= 0.3 is 5.97 Å². The number of ketones is 1. The number of hydrogen-bond donors (Lipinski definition) is 0. The van der Waals surface area contributed by atoms with Crippen molar-refractivity contribution in [2.75, 3.05) is 41.2 Å². The number of hydrogen-bond acceptors (Lipinski definition) is 8. The molecule has 3 heterocycles. The Labute approximate surface area is 181 Å². The monoisotopic (exact) mass is 444 g/mol. The van der Waals surface area contributed by atoms with Gasteiger partial charge in [0, 0.05) is 25.2 Å². The number of aromatic nitrogens is 2. The number of Topliss-reactive ketones (excluding diaryl/α,β-unsaturated/α-hetero) is 1. The fourth-order valence-electron chi connectivity index (χ4n) is 3.83. The van der Waals surface area contributed by atoms with Gasteiger partial charge in [-0.2, -0.15) is 0 Å². The van der Waals surface area contributed by atoms with Gasteiger partial charge in [-0.25, -0.2) is 13.2 Å². The number of esters is 1. The predicted octanol–water partition coefficient (Wildman–Crippen LogP) is 1.83. The number of ether oxygens (including phenoxy) is 1. The molecule has 0 amide bonds. The Morgan fingerprint density at radius 2 is 1.84 bits per heavy atom. The van der Waals surface area contributed by atoms with Gasteiger partial charge in [0.15, 0.2) is 23.9 Å². The fraction of sp³-hybridized carbons (Fsp3) is 0.429. The molecule has 164 valence electrons. The Balaban J connectivity index is 1.37. The third-order valence-electron chi connectivity index (χ3n) is 5.58. The molecule has 0 N–H and O–H groups in total. The van der Waals surface area contributed by atoms with Crippen molar-refractivity contribution in [3.8, 4) is 0 Å². The minimum atomic E-state index is -3.34. The van der Waals surface area contributed by atoms with E-state index in [1.165, 1.54) is 4.31 Å². The summed E-state index contributed by atoms with van der Waals surface area (Å²) in [4.78, 5) is 26.8. The standard InChI is InChI=1S/C21H24N4O5S/c1-2-31(28,29)25-12-9-15-13-16(5-7-18(15)25)19(26)14-30-21(27)17-6-8-20(23-22-17)24-10-3-4-11-24/h5-8,13H,2-4,9-12,14H2,1H3. The minimum Gasteiger partial charge on any atom is -0.453 e. The first-order valence-electron chi connectivity index (χ1n) is 10.3. The molecule has 0 spiro atoms. The summed E-state index contributed by atoms with van der Waals surface area (Å²) in [6, 6.07) is 8.14. The summed E-state index contributed by atoms with van der Waals surface area (Å²) >= 11 is 0. The van der Waals surface area contributed by atoms with Crippen LogP contribution in [0.25, 0.3) is 0 Å². The third kappa shape index (κ3) is 4.39. The number of rotatable bonds is 7. The molecule has 2 aliphatic heterocycles. The van der Waals surface area contributed by atoms with E-state index in [2.05, 4.69) is 15.1 Å². The third-order valence-corrected chi connectivity index (χ3v) is 7.36. The first-order valence-corrected chi connectivity index (χ1v) is 11.9. The van der Waals surface area contributed by atoms with Crippen molar-refractivity contribution in [3.05, 3.63) is 47.2 Å². The molecule has 4 rings (SSSR count). The van der Waals surface area contributed by atoms with E-state index in [9.17, 15) is 18.0 Å². The summed E-state index contributed by atoms with van der Waals surface area (Å²) in [6.07, 6.45) is 2.76. The van der Waals surface area contributed by atoms with Crippen LogP contribution in [-0.2, 0) is 21.2 Å². The maximum atomic E-state index is 12.5. The number of sulfonamides is 1. The van der Waals surface area contributed by atoms with Gasteiger partial charge in [-0.3, -0.25) is 9.10 Å². The van der Waals surface area contributed by atoms with Crippen molar-refractivity contribution >= 4 is 33.3 Å². The first-order chi connectivity index (χ1) is 14.9. The van der Waals surface area contributed by atoms with E-state index in [1.54, 1.807) is 37.3 Å². The normalized spacial score (nSPS) is 15.8. The van der Waals surface area contributed by atoms with E-state index >= 15 is 0 Å². The predicted molar refractivity (Wildman–Crippen MR) is 115 cm³/mol. The van der Waals surface area contributed by atoms with Crippen LogP contribution >= 0.6 is 0 Å². The smallest absolute Gasteiger partial charge is 0.359 e. The van der Waals surface area contributed by atoms with Crippen LogP contribution in [0.2, 0.25) is 0 Å². The van der Waals surface area contributed by atoms with Crippen LogP contribution < -0.4 is 9.21 Å². The molecular weight excluding hydrogens is 420 g/mol. The second-order valence-electron chi connectivity index (χ2n) is 7.54. The maximum absolute atomic E-state index is 12.5. The molecule has 1 aromatic carbocycles. The van der Waals surface area contributed by atoms with Crippen LogP contribution in [0.1, 0.15) is 46.2 Å². The molecule has 9 nitrogen and oxygen atoms in total. The number of carbonyl (C=O) groups excluding carboxylic acids is 2. The lowest BCUT2D eigenvalue weighted by Gasteiger charge is -2.18. The van der Waals surface area contributed by atoms with E-state index in [4.69, 9.17) is 4.74 Å². The highest BCUT2D eigenvalue weighted by atomic mass is 32.2. The van der Waals surface area contributed by atoms with Gasteiger partial charge in [0.2, 0.25) is 10.0 Å². The van der Waals surface area contributed by atoms with Gasteiger partial charge < -0.3 is 9.64 Å². The largest absolute Gasteiger partial charge is 0.453 e. The van der Waals surface area contributed by atoms with Crippen LogP contribution in [0.15, 0.2) is 30.3 Å². The molecule has 0 bridgehead atoms. The SMILES string of the molecule is CCS(=O)(=O)N1CCc2cc(C(=O)COC(=O)c3ccc(N4CCCC4)nn3)ccc21. The van der Waals surface area contributed by atoms with Gasteiger partial charge in [-0.1, -0.05) is 0 Å². The van der Waals surface area contributed by atoms with Gasteiger partial charge in [0.1, 0.15) is 0 Å². The summed E-state index contributed by atoms with van der Waals surface area (Å²) in [6.45, 7) is 3.39. The van der Waals surface area contributed by atoms with Crippen LogP contribution in [0.5, 0.6) is 0 Å². The average molecular weight is 445 g/mol. The van der Waals surface area contributed by atoms with E-state index in [-0.39, 0.29) is 17.2 Å². The van der Waals surface area contributed by atoms with E-state index in [0.29, 0.717) is 24.2 Å². The van der Waals surface area contributed by atoms with E-state index < -0.39 is 22.6 Å². The van der Waals surface area contributed by atoms with Crippen molar-refractivity contribution in [2.45, 2.75) is 26.2 Å². The molecule has 31 heavy (non-hydrogen) atoms. The van der Waals surface area contributed by atoms with Crippen LogP contribution in [0.4, 0.5) is 11.5 Å². The van der Waals surface area contributed by atoms with E-state index in [0.717, 1.165) is 37.3 Å². The summed E-state index contributed by atoms with van der Waals surface area (Å²) in [5.41, 5.74) is 1.81. The Morgan fingerprint density at radius 1 is 1.06 bits per heavy atom. The Kier molecular flexibility index (Phi) is 5.90. The zero-order valence-corrected chi connectivity index (χ0v) is 18.1. The Morgan fingerprint density at radius 3 is 2.52 bits per heavy atom. The zero-order chi connectivity index (χ0) is 22.0. The van der Waals surface area contributed by atoms with Gasteiger partial charge in [-0.15, -0.1) is 10.2 Å². The quantitative estimate of drug-likeness (QED) is 0.470. The lowest BCUT2D eigenvalue weighted by Crippen LogP contribution is -2.30. The van der Waals surface area contributed by atoms with Gasteiger partial charge in [-0.05, 0) is 62.1 Å². The van der Waals surface area contributed by atoms with Gasteiger partial charge in [0.25, 0.3) is 0 Å². The highest BCUT2D eigenvalue weighted by Gasteiger charge is 2.28. The van der Waals surface area contributed by atoms with E-state index in [1.807, 2.05) is 0 Å². The lowest BCUT2D eigenvalue weighted by atomic mass is 10.1. The highest BCUT2D eigenvalue weighted by Crippen LogP contribution is 2.31. The highest BCUT2D eigenvalue weighted by molar-refractivity contribution is 7.92. The van der Waals surface area contributed by atoms with Crippen molar-refractivity contribution < 1.29 is 22.7 Å². The molecule has 0 radical (unpaired) electrons. The van der Waals surface area contributed by atoms with Crippen molar-refractivity contribution in [3.63, 3.8) is 0 Å². The molecule has 10 heteroatoms. The number of benzene rings is 1. The Bertz CT molecular complexity index is 1100. The maximum Gasteiger partial charge on any atom is 0.359 e. The summed E-state index contributed by atoms with van der Waals surface area (Å²) in [5, 5.41) is 8.00. The van der Waals surface area contributed by atoms with Crippen LogP contribution in [0.3, 0.4) is 0 Å². The molecule has 1 fully saturated rings. The summed E-state index contributed by atoms with van der Waals surface area (Å²) in [7, 11) is -3.34. The molecule has 1 aromatic heterocycles. The molecule has 0 unspecified atom stereocenters. The summed E-state index contributed by atoms with van der Waals surface area (Å²) in [5.74, 6) is -0.336. The Hall–Kier alpha value is -3.01. The fourth-order valence-corrected chi connectivity index (χ4v) is 4.99. The average Bonchev–Trinajstić information content (AvgIpc) is 3.47. The molecule has 2 aromatic rings. The molecule has 1 saturated heterocycles. The number of nitrogens with zero attached hydrogens (tertiary/aromatic N) is 4. The summed E-state index contributed by atoms with van der Waals surface area (Å²) < 4.78 is 30.8. The molecule has 0 atom stereocenters. The van der Waals surface area contributed by atoms with Crippen LogP contribution in [-0.4, -0.2) is 62.4 Å². The number of fused-ring (bicyclic) bond motifs is 1. The van der Waals surface area contributed by atoms with Crippen molar-refractivity contribution in [1.29, 1.82) is 0 Å². The van der Waals surface area contributed by atoms with Crippen molar-refractivity contribution in [2.24, 2.45) is 0 Å². The second kappa shape index (κ2) is 8.62. The molecule has 0 aliphatic carbocycles. The molecular formula is C21H24N4O5S. The molecule has 0 saturated carbocycles. The number of carbonyl (C=O) groups is 2. The topological polar surface area (TPSA) is 110 Å². The first kappa shape index (κ1) is 21.2. The lowest BCUT2D eigenvalue weighted by molar-refractivity contribution is 0.0468. The number of anilines is 2. The zero-order valence-electron chi connectivity index (χ0n) is 17.3. The minimum absolute atomic E-state index is 0.0188. The van der Waals surface area contributed by atoms with Gasteiger partial charge in [0.05, 0.1) is 11.4 Å². The molecule has 2 aliphatic rings. The van der Waals surface area contributed by atoms with Crippen LogP contribution in [0, 0.1) is 0 Å². The second-order valence-corrected chi connectivity index (χ2v) is 9.72.